The number of rotatable bonds is 3. The average molecular weight is 240 g/mol. The predicted molar refractivity (Wildman–Crippen MR) is 52.6 cm³/mol. The van der Waals surface area contributed by atoms with Gasteiger partial charge in [0.15, 0.2) is 0 Å². The van der Waals surface area contributed by atoms with Crippen molar-refractivity contribution >= 4 is 18.2 Å². The van der Waals surface area contributed by atoms with Crippen molar-refractivity contribution in [1.29, 1.82) is 0 Å². The molecule has 1 heterocycles. The molecule has 1 aromatic rings. The topological polar surface area (TPSA) is 110 Å². The molecular weight excluding hydrogens is 228 g/mol. The molecule has 0 bridgehead atoms. The molecule has 1 rings (SSSR count). The van der Waals surface area contributed by atoms with Gasteiger partial charge in [0, 0.05) is 12.3 Å². The first-order valence-electron chi connectivity index (χ1n) is 4.80. The van der Waals surface area contributed by atoms with Crippen LogP contribution in [0.25, 0.3) is 0 Å². The summed E-state index contributed by atoms with van der Waals surface area (Å²) in [6, 6.07) is 3.83. The van der Waals surface area contributed by atoms with Gasteiger partial charge in [-0.25, -0.2) is 0 Å². The van der Waals surface area contributed by atoms with Crippen molar-refractivity contribution in [2.75, 3.05) is 0 Å². The molecule has 1 unspecified atom stereocenters. The molecule has 0 aliphatic carbocycles. The zero-order valence-corrected chi connectivity index (χ0v) is 9.47. The van der Waals surface area contributed by atoms with Crippen LogP contribution in [0.5, 0.6) is 0 Å². The molecule has 1 aromatic heterocycles. The summed E-state index contributed by atoms with van der Waals surface area (Å²) in [6.45, 7) is 3.88. The fraction of sp³-hybridized carbons (Fsp3) is 0.364. The van der Waals surface area contributed by atoms with E-state index in [4.69, 9.17) is 24.2 Å². The number of hydrogen-bond donors (Lipinski definition) is 0. The standard InChI is InChI=1S/C9H12O2.C2H2O4/c1-7(5-6-10)9-4-3-8(2)11-9;3-1(4)2(5)6/h3-4,6-7H,5H2,1-2H3;(H,3,4)(H,5,6)/p-2. The molecule has 0 N–H and O–H groups in total. The highest BCUT2D eigenvalue weighted by molar-refractivity contribution is 6.25. The summed E-state index contributed by atoms with van der Waals surface area (Å²) in [7, 11) is 0. The van der Waals surface area contributed by atoms with E-state index in [-0.39, 0.29) is 5.92 Å². The molecule has 17 heavy (non-hydrogen) atoms. The third-order valence-electron chi connectivity index (χ3n) is 1.86. The molecule has 1 atom stereocenters. The number of carbonyl (C=O) groups excluding carboxylic acids is 3. The van der Waals surface area contributed by atoms with E-state index in [9.17, 15) is 4.79 Å². The van der Waals surface area contributed by atoms with E-state index in [1.54, 1.807) is 0 Å². The van der Waals surface area contributed by atoms with Crippen molar-refractivity contribution in [3.05, 3.63) is 23.7 Å². The molecule has 0 amide bonds. The monoisotopic (exact) mass is 240 g/mol. The van der Waals surface area contributed by atoms with Crippen LogP contribution in [0, 0.1) is 6.92 Å². The maximum absolute atomic E-state index is 10.2. The number of carboxylic acids is 2. The Balaban J connectivity index is 0.000000366. The fourth-order valence-corrected chi connectivity index (χ4v) is 0.979. The Kier molecular flexibility index (Phi) is 6.32. The number of carboxylic acid groups (broad SMARTS) is 2. The quantitative estimate of drug-likeness (QED) is 0.483. The van der Waals surface area contributed by atoms with Gasteiger partial charge in [-0.05, 0) is 19.1 Å². The highest BCUT2D eigenvalue weighted by Crippen LogP contribution is 2.19. The minimum Gasteiger partial charge on any atom is -0.543 e. The van der Waals surface area contributed by atoms with Crippen LogP contribution >= 0.6 is 0 Å². The normalized spacial score (nSPS) is 10.9. The van der Waals surface area contributed by atoms with Crippen molar-refractivity contribution in [2.45, 2.75) is 26.2 Å². The second-order valence-electron chi connectivity index (χ2n) is 3.33. The molecule has 6 heteroatoms. The Labute approximate surface area is 97.9 Å². The number of carbonyl (C=O) groups is 3. The van der Waals surface area contributed by atoms with Crippen LogP contribution in [-0.4, -0.2) is 18.2 Å². The second kappa shape index (κ2) is 7.21. The summed E-state index contributed by atoms with van der Waals surface area (Å²) in [5.41, 5.74) is 0. The van der Waals surface area contributed by atoms with Crippen LogP contribution < -0.4 is 10.2 Å². The highest BCUT2D eigenvalue weighted by atomic mass is 16.4. The summed E-state index contributed by atoms with van der Waals surface area (Å²) in [4.78, 5) is 28.0. The molecule has 0 aromatic carbocycles. The third-order valence-corrected chi connectivity index (χ3v) is 1.86. The zero-order chi connectivity index (χ0) is 13.4. The number of aliphatic carboxylic acids is 2. The average Bonchev–Trinajstić information content (AvgIpc) is 2.66. The molecular formula is C11H12O6-2. The number of furan rings is 1. The molecule has 94 valence electrons. The maximum atomic E-state index is 10.2. The Hall–Kier alpha value is -2.11. The minimum atomic E-state index is -2.19. The largest absolute Gasteiger partial charge is 0.543 e. The molecule has 0 saturated carbocycles. The van der Waals surface area contributed by atoms with Gasteiger partial charge in [-0.15, -0.1) is 0 Å². The van der Waals surface area contributed by atoms with Gasteiger partial charge in [0.25, 0.3) is 0 Å². The smallest absolute Gasteiger partial charge is 0.120 e. The van der Waals surface area contributed by atoms with Gasteiger partial charge in [0.1, 0.15) is 17.8 Å². The van der Waals surface area contributed by atoms with Gasteiger partial charge >= 0.3 is 0 Å². The lowest BCUT2D eigenvalue weighted by Gasteiger charge is -2.01. The lowest BCUT2D eigenvalue weighted by atomic mass is 10.1. The first-order valence-corrected chi connectivity index (χ1v) is 4.80. The van der Waals surface area contributed by atoms with Crippen LogP contribution in [0.3, 0.4) is 0 Å². The number of aryl methyl sites for hydroxylation is 1. The molecule has 0 saturated heterocycles. The Bertz CT molecular complexity index is 380. The van der Waals surface area contributed by atoms with E-state index < -0.39 is 11.9 Å². The van der Waals surface area contributed by atoms with Gasteiger partial charge in [0.05, 0.1) is 11.9 Å². The van der Waals surface area contributed by atoms with E-state index in [0.29, 0.717) is 6.42 Å². The summed E-state index contributed by atoms with van der Waals surface area (Å²) < 4.78 is 5.34. The van der Waals surface area contributed by atoms with Crippen LogP contribution in [0.15, 0.2) is 16.5 Å². The molecule has 0 fully saturated rings. The lowest BCUT2D eigenvalue weighted by molar-refractivity contribution is -0.345. The van der Waals surface area contributed by atoms with E-state index in [1.165, 1.54) is 0 Å². The van der Waals surface area contributed by atoms with E-state index in [2.05, 4.69) is 0 Å². The SMILES string of the molecule is Cc1ccc(C(C)CC=O)o1.O=C([O-])C(=O)[O-]. The molecule has 0 radical (unpaired) electrons. The predicted octanol–water partition coefficient (Wildman–Crippen LogP) is -1.23. The lowest BCUT2D eigenvalue weighted by Crippen LogP contribution is -2.42. The van der Waals surface area contributed by atoms with Crippen molar-refractivity contribution in [3.8, 4) is 0 Å². The number of hydrogen-bond acceptors (Lipinski definition) is 6. The van der Waals surface area contributed by atoms with Gasteiger partial charge in [-0.2, -0.15) is 0 Å². The molecule has 0 aliphatic rings. The molecule has 0 aliphatic heterocycles. The van der Waals surface area contributed by atoms with Crippen molar-refractivity contribution < 1.29 is 29.0 Å². The highest BCUT2D eigenvalue weighted by Gasteiger charge is 2.07. The summed E-state index contributed by atoms with van der Waals surface area (Å²) in [5.74, 6) is -2.36. The van der Waals surface area contributed by atoms with Crippen molar-refractivity contribution in [3.63, 3.8) is 0 Å². The van der Waals surface area contributed by atoms with E-state index in [0.717, 1.165) is 17.8 Å². The maximum Gasteiger partial charge on any atom is 0.120 e. The number of aldehydes is 1. The summed E-state index contributed by atoms with van der Waals surface area (Å²) in [5, 5.41) is 17.9. The van der Waals surface area contributed by atoms with Crippen molar-refractivity contribution in [1.82, 2.24) is 0 Å². The van der Waals surface area contributed by atoms with E-state index in [1.807, 2.05) is 26.0 Å². The fourth-order valence-electron chi connectivity index (χ4n) is 0.979. The van der Waals surface area contributed by atoms with Crippen LogP contribution in [0.1, 0.15) is 30.8 Å². The van der Waals surface area contributed by atoms with Gasteiger partial charge in [-0.1, -0.05) is 6.92 Å². The molecule has 0 spiro atoms. The minimum absolute atomic E-state index is 0.209. The first kappa shape index (κ1) is 14.9. The first-order chi connectivity index (χ1) is 7.88. The summed E-state index contributed by atoms with van der Waals surface area (Å²) >= 11 is 0. The van der Waals surface area contributed by atoms with Gasteiger partial charge < -0.3 is 29.0 Å². The third kappa shape index (κ3) is 6.14. The second-order valence-corrected chi connectivity index (χ2v) is 3.33. The Morgan fingerprint density at radius 1 is 1.35 bits per heavy atom. The molecule has 6 nitrogen and oxygen atoms in total. The van der Waals surface area contributed by atoms with Crippen LogP contribution in [0.2, 0.25) is 0 Å². The van der Waals surface area contributed by atoms with Gasteiger partial charge in [0.2, 0.25) is 0 Å². The Morgan fingerprint density at radius 3 is 2.18 bits per heavy atom. The Morgan fingerprint density at radius 2 is 1.88 bits per heavy atom. The van der Waals surface area contributed by atoms with Gasteiger partial charge in [-0.3, -0.25) is 0 Å². The van der Waals surface area contributed by atoms with E-state index >= 15 is 0 Å². The van der Waals surface area contributed by atoms with Crippen LogP contribution in [-0.2, 0) is 14.4 Å². The van der Waals surface area contributed by atoms with Crippen molar-refractivity contribution in [2.24, 2.45) is 0 Å². The summed E-state index contributed by atoms with van der Waals surface area (Å²) in [6.07, 6.45) is 1.45. The van der Waals surface area contributed by atoms with Crippen LogP contribution in [0.4, 0.5) is 0 Å². The zero-order valence-electron chi connectivity index (χ0n) is 9.47.